The highest BCUT2D eigenvalue weighted by Gasteiger charge is 2.05. The van der Waals surface area contributed by atoms with Crippen LogP contribution >= 0.6 is 11.6 Å². The predicted octanol–water partition coefficient (Wildman–Crippen LogP) is 4.21. The molecular formula is C16H13ClN2O. The van der Waals surface area contributed by atoms with Gasteiger partial charge in [-0.1, -0.05) is 23.7 Å². The second-order valence-corrected chi connectivity index (χ2v) is 4.91. The van der Waals surface area contributed by atoms with E-state index in [9.17, 15) is 5.11 Å². The Bertz CT molecular complexity index is 738. The van der Waals surface area contributed by atoms with E-state index in [-0.39, 0.29) is 5.75 Å². The quantitative estimate of drug-likeness (QED) is 0.757. The minimum atomic E-state index is 0.201. The molecule has 0 radical (unpaired) electrons. The summed E-state index contributed by atoms with van der Waals surface area (Å²) in [6.07, 6.45) is 1.78. The molecule has 0 fully saturated rings. The summed E-state index contributed by atoms with van der Waals surface area (Å²) in [5.41, 5.74) is 2.61. The van der Waals surface area contributed by atoms with Crippen LogP contribution in [0.1, 0.15) is 5.56 Å². The van der Waals surface area contributed by atoms with Crippen molar-refractivity contribution in [3.8, 4) is 5.75 Å². The van der Waals surface area contributed by atoms with E-state index in [0.717, 1.165) is 16.6 Å². The lowest BCUT2D eigenvalue weighted by atomic mass is 10.1. The number of hydrogen-bond donors (Lipinski definition) is 2. The second-order valence-electron chi connectivity index (χ2n) is 4.50. The number of phenolic OH excluding ortho intramolecular Hbond substituents is 1. The van der Waals surface area contributed by atoms with Crippen molar-refractivity contribution in [3.63, 3.8) is 0 Å². The molecule has 0 atom stereocenters. The first-order chi connectivity index (χ1) is 9.74. The summed E-state index contributed by atoms with van der Waals surface area (Å²) in [5, 5.41) is 14.7. The third kappa shape index (κ3) is 2.53. The highest BCUT2D eigenvalue weighted by Crippen LogP contribution is 2.26. The van der Waals surface area contributed by atoms with Crippen LogP contribution in [0.5, 0.6) is 5.75 Å². The molecule has 0 unspecified atom stereocenters. The van der Waals surface area contributed by atoms with Gasteiger partial charge in [0, 0.05) is 34.4 Å². The molecule has 2 aromatic carbocycles. The Kier molecular flexibility index (Phi) is 3.44. The van der Waals surface area contributed by atoms with Crippen molar-refractivity contribution in [2.45, 2.75) is 6.54 Å². The first-order valence-corrected chi connectivity index (χ1v) is 6.67. The molecule has 3 nitrogen and oxygen atoms in total. The van der Waals surface area contributed by atoms with E-state index in [2.05, 4.69) is 10.3 Å². The smallest absolute Gasteiger partial charge is 0.122 e. The standard InChI is InChI=1S/C16H13ClN2O/c17-14-4-1-5-16(20)13(14)10-19-12-6-7-15-11(9-12)3-2-8-18-15/h1-9,19-20H,10H2. The number of anilines is 1. The Hall–Kier alpha value is -2.26. The molecule has 3 aromatic rings. The molecule has 0 saturated heterocycles. The zero-order valence-electron chi connectivity index (χ0n) is 10.7. The molecule has 3 rings (SSSR count). The maximum atomic E-state index is 9.81. The van der Waals surface area contributed by atoms with Crippen molar-refractivity contribution in [2.75, 3.05) is 5.32 Å². The van der Waals surface area contributed by atoms with Gasteiger partial charge in [0.05, 0.1) is 5.52 Å². The SMILES string of the molecule is Oc1cccc(Cl)c1CNc1ccc2ncccc2c1. The summed E-state index contributed by atoms with van der Waals surface area (Å²) in [4.78, 5) is 4.28. The minimum absolute atomic E-state index is 0.201. The molecule has 20 heavy (non-hydrogen) atoms. The predicted molar refractivity (Wildman–Crippen MR) is 82.2 cm³/mol. The molecule has 0 aliphatic heterocycles. The third-order valence-corrected chi connectivity index (χ3v) is 3.52. The van der Waals surface area contributed by atoms with Gasteiger partial charge in [0.25, 0.3) is 0 Å². The number of nitrogens with one attached hydrogen (secondary N) is 1. The van der Waals surface area contributed by atoms with Gasteiger partial charge in [0.15, 0.2) is 0 Å². The van der Waals surface area contributed by atoms with Gasteiger partial charge >= 0.3 is 0 Å². The summed E-state index contributed by atoms with van der Waals surface area (Å²) in [6.45, 7) is 0.470. The molecule has 0 aliphatic carbocycles. The number of phenols is 1. The van der Waals surface area contributed by atoms with Crippen LogP contribution in [0.4, 0.5) is 5.69 Å². The van der Waals surface area contributed by atoms with Gasteiger partial charge in [-0.05, 0) is 36.4 Å². The van der Waals surface area contributed by atoms with Crippen LogP contribution in [0, 0.1) is 0 Å². The highest BCUT2D eigenvalue weighted by atomic mass is 35.5. The monoisotopic (exact) mass is 284 g/mol. The average molecular weight is 285 g/mol. The van der Waals surface area contributed by atoms with Crippen LogP contribution in [0.15, 0.2) is 54.7 Å². The lowest BCUT2D eigenvalue weighted by Gasteiger charge is -2.10. The fraction of sp³-hybridized carbons (Fsp3) is 0.0625. The Morgan fingerprint density at radius 3 is 2.85 bits per heavy atom. The van der Waals surface area contributed by atoms with Crippen LogP contribution in [0.25, 0.3) is 10.9 Å². The third-order valence-electron chi connectivity index (χ3n) is 3.17. The number of halogens is 1. The molecule has 2 N–H and O–H groups in total. The molecule has 100 valence electrons. The van der Waals surface area contributed by atoms with Crippen LogP contribution in [-0.4, -0.2) is 10.1 Å². The van der Waals surface area contributed by atoms with E-state index >= 15 is 0 Å². The van der Waals surface area contributed by atoms with Crippen molar-refractivity contribution < 1.29 is 5.11 Å². The van der Waals surface area contributed by atoms with Crippen molar-refractivity contribution >= 4 is 28.2 Å². The van der Waals surface area contributed by atoms with Crippen LogP contribution < -0.4 is 5.32 Å². The Labute approximate surface area is 121 Å². The average Bonchev–Trinajstić information content (AvgIpc) is 2.46. The van der Waals surface area contributed by atoms with Gasteiger partial charge in [-0.15, -0.1) is 0 Å². The van der Waals surface area contributed by atoms with E-state index in [1.54, 1.807) is 24.4 Å². The van der Waals surface area contributed by atoms with Gasteiger partial charge in [-0.2, -0.15) is 0 Å². The van der Waals surface area contributed by atoms with E-state index in [4.69, 9.17) is 11.6 Å². The fourth-order valence-corrected chi connectivity index (χ4v) is 2.33. The highest BCUT2D eigenvalue weighted by molar-refractivity contribution is 6.31. The lowest BCUT2D eigenvalue weighted by molar-refractivity contribution is 0.469. The summed E-state index contributed by atoms with van der Waals surface area (Å²) in [5.74, 6) is 0.201. The van der Waals surface area contributed by atoms with E-state index < -0.39 is 0 Å². The number of nitrogens with zero attached hydrogens (tertiary/aromatic N) is 1. The number of aromatic nitrogens is 1. The van der Waals surface area contributed by atoms with E-state index in [0.29, 0.717) is 17.1 Å². The van der Waals surface area contributed by atoms with E-state index in [1.807, 2.05) is 30.3 Å². The lowest BCUT2D eigenvalue weighted by Crippen LogP contribution is -2.00. The molecule has 4 heteroatoms. The Balaban J connectivity index is 1.83. The van der Waals surface area contributed by atoms with Crippen LogP contribution in [-0.2, 0) is 6.54 Å². The Morgan fingerprint density at radius 1 is 1.10 bits per heavy atom. The largest absolute Gasteiger partial charge is 0.508 e. The zero-order valence-corrected chi connectivity index (χ0v) is 11.4. The number of fused-ring (bicyclic) bond motifs is 1. The molecule has 1 heterocycles. The van der Waals surface area contributed by atoms with Crippen molar-refractivity contribution in [1.82, 2.24) is 4.98 Å². The number of pyridine rings is 1. The summed E-state index contributed by atoms with van der Waals surface area (Å²) >= 11 is 6.08. The maximum Gasteiger partial charge on any atom is 0.122 e. The van der Waals surface area contributed by atoms with Crippen molar-refractivity contribution in [2.24, 2.45) is 0 Å². The topological polar surface area (TPSA) is 45.1 Å². The second kappa shape index (κ2) is 5.39. The minimum Gasteiger partial charge on any atom is -0.508 e. The van der Waals surface area contributed by atoms with Gasteiger partial charge in [0.1, 0.15) is 5.75 Å². The molecular weight excluding hydrogens is 272 g/mol. The number of benzene rings is 2. The van der Waals surface area contributed by atoms with Gasteiger partial charge in [-0.3, -0.25) is 4.98 Å². The fourth-order valence-electron chi connectivity index (χ4n) is 2.10. The molecule has 0 aliphatic rings. The molecule has 0 saturated carbocycles. The normalized spacial score (nSPS) is 10.7. The van der Waals surface area contributed by atoms with Crippen molar-refractivity contribution in [3.05, 3.63) is 65.3 Å². The first-order valence-electron chi connectivity index (χ1n) is 6.29. The zero-order chi connectivity index (χ0) is 13.9. The summed E-state index contributed by atoms with van der Waals surface area (Å²) < 4.78 is 0. The van der Waals surface area contributed by atoms with Crippen LogP contribution in [0.2, 0.25) is 5.02 Å². The van der Waals surface area contributed by atoms with Gasteiger partial charge in [-0.25, -0.2) is 0 Å². The van der Waals surface area contributed by atoms with E-state index in [1.165, 1.54) is 0 Å². The molecule has 0 spiro atoms. The Morgan fingerprint density at radius 2 is 2.00 bits per heavy atom. The van der Waals surface area contributed by atoms with Crippen molar-refractivity contribution in [1.29, 1.82) is 0 Å². The molecule has 0 amide bonds. The summed E-state index contributed by atoms with van der Waals surface area (Å²) in [6, 6.07) is 15.0. The number of aromatic hydroxyl groups is 1. The maximum absolute atomic E-state index is 9.81. The first kappa shape index (κ1) is 12.8. The van der Waals surface area contributed by atoms with Crippen LogP contribution in [0.3, 0.4) is 0 Å². The molecule has 1 aromatic heterocycles. The summed E-state index contributed by atoms with van der Waals surface area (Å²) in [7, 11) is 0. The number of rotatable bonds is 3. The van der Waals surface area contributed by atoms with Gasteiger partial charge in [0.2, 0.25) is 0 Å². The molecule has 0 bridgehead atoms. The number of hydrogen-bond acceptors (Lipinski definition) is 3. The van der Waals surface area contributed by atoms with Gasteiger partial charge < -0.3 is 10.4 Å².